The molecule has 2 rings (SSSR count). The maximum Gasteiger partial charge on any atom is 0.325 e. The lowest BCUT2D eigenvalue weighted by molar-refractivity contribution is -0.138. The van der Waals surface area contributed by atoms with E-state index in [0.29, 0.717) is 5.56 Å². The predicted molar refractivity (Wildman–Crippen MR) is 73.4 cm³/mol. The van der Waals surface area contributed by atoms with Crippen molar-refractivity contribution in [1.29, 1.82) is 0 Å². The summed E-state index contributed by atoms with van der Waals surface area (Å²) in [4.78, 5) is 10.7. The van der Waals surface area contributed by atoms with Gasteiger partial charge in [0.15, 0.2) is 0 Å². The Morgan fingerprint density at radius 1 is 0.947 bits per heavy atom. The van der Waals surface area contributed by atoms with E-state index in [1.807, 2.05) is 30.3 Å². The number of nitrogens with two attached hydrogens (primary N) is 1. The van der Waals surface area contributed by atoms with Crippen molar-refractivity contribution in [1.82, 2.24) is 0 Å². The third-order valence-electron chi connectivity index (χ3n) is 2.66. The molecule has 3 N–H and O–H groups in total. The molecular weight excluding hydrogens is 238 g/mol. The Morgan fingerprint density at radius 3 is 2.00 bits per heavy atom. The second-order valence-corrected chi connectivity index (χ2v) is 4.05. The molecule has 1 atom stereocenters. The van der Waals surface area contributed by atoms with Crippen LogP contribution in [0.4, 0.5) is 0 Å². The second kappa shape index (κ2) is 5.85. The molecule has 0 aliphatic carbocycles. The Balaban J connectivity index is 2.16. The van der Waals surface area contributed by atoms with E-state index in [9.17, 15) is 4.79 Å². The molecule has 19 heavy (non-hydrogen) atoms. The molecule has 0 amide bonds. The van der Waals surface area contributed by atoms with Crippen molar-refractivity contribution in [3.63, 3.8) is 0 Å². The predicted octanol–water partition coefficient (Wildman–Crippen LogP) is 2.17. The highest BCUT2D eigenvalue weighted by molar-refractivity contribution is 5.75. The van der Waals surface area contributed by atoms with E-state index in [1.54, 1.807) is 24.3 Å². The topological polar surface area (TPSA) is 63.3 Å². The average molecular weight is 251 g/mol. The second-order valence-electron chi connectivity index (χ2n) is 4.05. The first-order valence-corrected chi connectivity index (χ1v) is 5.82. The fourth-order valence-corrected chi connectivity index (χ4v) is 1.58. The summed E-state index contributed by atoms with van der Waals surface area (Å²) in [5.74, 6) is 5.01. The number of hydrogen-bond acceptors (Lipinski definition) is 2. The summed E-state index contributed by atoms with van der Waals surface area (Å²) < 4.78 is 0. The van der Waals surface area contributed by atoms with Gasteiger partial charge in [-0.05, 0) is 29.8 Å². The van der Waals surface area contributed by atoms with Gasteiger partial charge in [0.25, 0.3) is 0 Å². The van der Waals surface area contributed by atoms with Crippen LogP contribution in [-0.4, -0.2) is 11.1 Å². The smallest absolute Gasteiger partial charge is 0.325 e. The number of rotatable bonds is 2. The molecule has 0 saturated carbocycles. The molecule has 0 bridgehead atoms. The summed E-state index contributed by atoms with van der Waals surface area (Å²) in [6.45, 7) is 0. The fraction of sp³-hybridized carbons (Fsp3) is 0.0625. The van der Waals surface area contributed by atoms with Crippen molar-refractivity contribution in [3.8, 4) is 11.8 Å². The van der Waals surface area contributed by atoms with Crippen LogP contribution >= 0.6 is 0 Å². The Kier molecular flexibility index (Phi) is 3.97. The molecule has 94 valence electrons. The van der Waals surface area contributed by atoms with Gasteiger partial charge < -0.3 is 10.8 Å². The molecule has 0 saturated heterocycles. The standard InChI is InChI=1S/C16H13NO2/c17-15(16(18)19)14-10-8-13(9-11-14)7-6-12-4-2-1-3-5-12/h1-5,8-11,15H,17H2,(H,18,19). The van der Waals surface area contributed by atoms with Gasteiger partial charge in [0, 0.05) is 11.1 Å². The minimum absolute atomic E-state index is 0.567. The molecule has 2 aromatic carbocycles. The van der Waals surface area contributed by atoms with Crippen molar-refractivity contribution >= 4 is 5.97 Å². The summed E-state index contributed by atoms with van der Waals surface area (Å²) in [7, 11) is 0. The van der Waals surface area contributed by atoms with Crippen molar-refractivity contribution in [2.45, 2.75) is 6.04 Å². The van der Waals surface area contributed by atoms with Gasteiger partial charge in [-0.2, -0.15) is 0 Å². The van der Waals surface area contributed by atoms with Crippen LogP contribution in [0.15, 0.2) is 54.6 Å². The first-order valence-electron chi connectivity index (χ1n) is 5.82. The van der Waals surface area contributed by atoms with Gasteiger partial charge >= 0.3 is 5.97 Å². The maximum atomic E-state index is 10.7. The van der Waals surface area contributed by atoms with E-state index in [1.165, 1.54) is 0 Å². The molecule has 1 unspecified atom stereocenters. The van der Waals surface area contributed by atoms with E-state index >= 15 is 0 Å². The van der Waals surface area contributed by atoms with E-state index < -0.39 is 12.0 Å². The van der Waals surface area contributed by atoms with E-state index in [-0.39, 0.29) is 0 Å². The van der Waals surface area contributed by atoms with Gasteiger partial charge in [0.1, 0.15) is 6.04 Å². The summed E-state index contributed by atoms with van der Waals surface area (Å²) in [6, 6.07) is 15.6. The molecule has 0 aliphatic heterocycles. The largest absolute Gasteiger partial charge is 0.480 e. The van der Waals surface area contributed by atoms with Gasteiger partial charge in [0.05, 0.1) is 0 Å². The van der Waals surface area contributed by atoms with Gasteiger partial charge in [-0.25, -0.2) is 0 Å². The zero-order chi connectivity index (χ0) is 13.7. The molecule has 3 nitrogen and oxygen atoms in total. The highest BCUT2D eigenvalue weighted by Gasteiger charge is 2.13. The van der Waals surface area contributed by atoms with Gasteiger partial charge in [-0.1, -0.05) is 42.2 Å². The monoisotopic (exact) mass is 251 g/mol. The molecule has 0 aliphatic rings. The molecule has 0 radical (unpaired) electrons. The van der Waals surface area contributed by atoms with Gasteiger partial charge in [-0.3, -0.25) is 4.79 Å². The van der Waals surface area contributed by atoms with Crippen LogP contribution in [0, 0.1) is 11.8 Å². The lowest BCUT2D eigenvalue weighted by Crippen LogP contribution is -2.20. The van der Waals surface area contributed by atoms with Crippen LogP contribution < -0.4 is 5.73 Å². The zero-order valence-electron chi connectivity index (χ0n) is 10.2. The summed E-state index contributed by atoms with van der Waals surface area (Å²) in [5, 5.41) is 8.80. The molecule has 0 fully saturated rings. The van der Waals surface area contributed by atoms with Crippen molar-refractivity contribution < 1.29 is 9.90 Å². The maximum absolute atomic E-state index is 10.7. The highest BCUT2D eigenvalue weighted by Crippen LogP contribution is 2.11. The van der Waals surface area contributed by atoms with Crippen molar-refractivity contribution in [3.05, 3.63) is 71.3 Å². The highest BCUT2D eigenvalue weighted by atomic mass is 16.4. The van der Waals surface area contributed by atoms with Crippen LogP contribution in [0.1, 0.15) is 22.7 Å². The Labute approximate surface area is 111 Å². The van der Waals surface area contributed by atoms with Gasteiger partial charge in [-0.15, -0.1) is 0 Å². The number of carboxylic acid groups (broad SMARTS) is 1. The molecule has 0 spiro atoms. The Hall–Kier alpha value is -2.57. The summed E-state index contributed by atoms with van der Waals surface area (Å²) >= 11 is 0. The van der Waals surface area contributed by atoms with Crippen LogP contribution in [0.25, 0.3) is 0 Å². The van der Waals surface area contributed by atoms with Crippen LogP contribution in [0.3, 0.4) is 0 Å². The number of hydrogen-bond donors (Lipinski definition) is 2. The van der Waals surface area contributed by atoms with Crippen LogP contribution in [0.5, 0.6) is 0 Å². The molecule has 3 heteroatoms. The average Bonchev–Trinajstić information content (AvgIpc) is 2.46. The van der Waals surface area contributed by atoms with Crippen LogP contribution in [-0.2, 0) is 4.79 Å². The van der Waals surface area contributed by atoms with Crippen molar-refractivity contribution in [2.24, 2.45) is 5.73 Å². The SMILES string of the molecule is NC(C(=O)O)c1ccc(C#Cc2ccccc2)cc1. The quantitative estimate of drug-likeness (QED) is 0.804. The fourth-order valence-electron chi connectivity index (χ4n) is 1.58. The number of benzene rings is 2. The molecular formula is C16H13NO2. The number of aliphatic carboxylic acids is 1. The van der Waals surface area contributed by atoms with E-state index in [2.05, 4.69) is 11.8 Å². The van der Waals surface area contributed by atoms with E-state index in [4.69, 9.17) is 10.8 Å². The first-order chi connectivity index (χ1) is 9.16. The lowest BCUT2D eigenvalue weighted by atomic mass is 10.1. The Bertz CT molecular complexity index is 621. The minimum Gasteiger partial charge on any atom is -0.480 e. The zero-order valence-corrected chi connectivity index (χ0v) is 10.2. The first kappa shape index (κ1) is 12.9. The van der Waals surface area contributed by atoms with Gasteiger partial charge in [0.2, 0.25) is 0 Å². The van der Waals surface area contributed by atoms with Crippen molar-refractivity contribution in [2.75, 3.05) is 0 Å². The normalized spacial score (nSPS) is 11.2. The third kappa shape index (κ3) is 3.44. The summed E-state index contributed by atoms with van der Waals surface area (Å²) in [5.41, 5.74) is 7.85. The van der Waals surface area contributed by atoms with E-state index in [0.717, 1.165) is 11.1 Å². The van der Waals surface area contributed by atoms with Crippen LogP contribution in [0.2, 0.25) is 0 Å². The molecule has 0 heterocycles. The summed E-state index contributed by atoms with van der Waals surface area (Å²) in [6.07, 6.45) is 0. The molecule has 0 aromatic heterocycles. The number of carbonyl (C=O) groups is 1. The third-order valence-corrected chi connectivity index (χ3v) is 2.66. The Morgan fingerprint density at radius 2 is 1.47 bits per heavy atom. The molecule has 2 aromatic rings. The minimum atomic E-state index is -1.04. The lowest BCUT2D eigenvalue weighted by Gasteiger charge is -2.05. The number of carboxylic acids is 1.